The molecular weight excluding hydrogens is 136 g/mol. The lowest BCUT2D eigenvalue weighted by Gasteiger charge is -2.15. The average molecular weight is 153 g/mol. The van der Waals surface area contributed by atoms with Gasteiger partial charge in [0, 0.05) is 0 Å². The molecule has 0 aromatic heterocycles. The molecule has 0 saturated carbocycles. The van der Waals surface area contributed by atoms with E-state index in [0.29, 0.717) is 5.41 Å². The quantitative estimate of drug-likeness (QED) is 0.613. The van der Waals surface area contributed by atoms with Crippen LogP contribution in [0.15, 0.2) is 0 Å². The number of hydrogen-bond donors (Lipinski definition) is 1. The third-order valence-electron chi connectivity index (χ3n) is 1.000. The van der Waals surface area contributed by atoms with Gasteiger partial charge in [0.25, 0.3) is 0 Å². The Balaban J connectivity index is 0. The molecule has 0 rings (SSSR count). The van der Waals surface area contributed by atoms with Gasteiger partial charge in [0.05, 0.1) is 11.9 Å². The van der Waals surface area contributed by atoms with Crippen molar-refractivity contribution < 1.29 is 4.66 Å². The molecule has 9 heavy (non-hydrogen) atoms. The van der Waals surface area contributed by atoms with E-state index in [-0.39, 0.29) is 0 Å². The zero-order chi connectivity index (χ0) is 7.91. The molecule has 0 aliphatic heterocycles. The average Bonchev–Trinajstić information content (AvgIpc) is 1.69. The van der Waals surface area contributed by atoms with E-state index in [0.717, 1.165) is 0 Å². The van der Waals surface area contributed by atoms with Crippen molar-refractivity contribution in [3.8, 4) is 0 Å². The number of halogens is 1. The Morgan fingerprint density at radius 2 is 1.56 bits per heavy atom. The largest absolute Gasteiger partial charge is 0.295 e. The molecule has 0 aliphatic rings. The summed E-state index contributed by atoms with van der Waals surface area (Å²) in [6.07, 6.45) is 2.65. The molecule has 0 bridgehead atoms. The van der Waals surface area contributed by atoms with Crippen LogP contribution in [0.3, 0.4) is 0 Å². The molecule has 1 N–H and O–H groups in total. The summed E-state index contributed by atoms with van der Waals surface area (Å²) in [6, 6.07) is 0. The second-order valence-corrected chi connectivity index (χ2v) is 3.31. The van der Waals surface area contributed by atoms with Crippen molar-refractivity contribution in [2.24, 2.45) is 5.41 Å². The summed E-state index contributed by atoms with van der Waals surface area (Å²) >= 11 is 3.64. The highest BCUT2D eigenvalue weighted by atomic mass is 35.5. The number of rotatable bonds is 1. The van der Waals surface area contributed by atoms with Crippen LogP contribution in [0.4, 0.5) is 0 Å². The first-order chi connectivity index (χ1) is 4.06. The maximum atomic E-state index is 6.47. The van der Waals surface area contributed by atoms with Crippen molar-refractivity contribution in [2.75, 3.05) is 0 Å². The van der Waals surface area contributed by atoms with Crippen molar-refractivity contribution in [2.45, 2.75) is 40.5 Å². The van der Waals surface area contributed by atoms with Crippen LogP contribution >= 0.6 is 11.9 Å². The first-order valence-corrected chi connectivity index (χ1v) is 3.57. The molecule has 0 amide bonds. The van der Waals surface area contributed by atoms with Crippen LogP contribution in [0, 0.1) is 5.41 Å². The lowest BCUT2D eigenvalue weighted by Crippen LogP contribution is -2.02. The molecule has 0 aliphatic carbocycles. The molecule has 0 unspecified atom stereocenters. The van der Waals surface area contributed by atoms with Crippen LogP contribution in [0.25, 0.3) is 0 Å². The predicted molar refractivity (Wildman–Crippen MR) is 42.4 cm³/mol. The smallest absolute Gasteiger partial charge is 0.0579 e. The van der Waals surface area contributed by atoms with Crippen LogP contribution < -0.4 is 0 Å². The van der Waals surface area contributed by atoms with E-state index in [2.05, 4.69) is 39.6 Å². The van der Waals surface area contributed by atoms with Crippen LogP contribution in [-0.4, -0.2) is 4.66 Å². The molecule has 0 saturated heterocycles. The Labute approximate surface area is 63.2 Å². The molecular formula is C7H17ClO. The third-order valence-corrected chi connectivity index (χ3v) is 1.000. The summed E-state index contributed by atoms with van der Waals surface area (Å²) in [5.74, 6) is 0. The maximum Gasteiger partial charge on any atom is 0.0579 e. The van der Waals surface area contributed by atoms with Crippen LogP contribution in [0.2, 0.25) is 0 Å². The van der Waals surface area contributed by atoms with Gasteiger partial charge in [-0.3, -0.25) is 4.66 Å². The van der Waals surface area contributed by atoms with Gasteiger partial charge in [-0.1, -0.05) is 34.1 Å². The highest BCUT2D eigenvalue weighted by Gasteiger charge is 2.06. The van der Waals surface area contributed by atoms with Crippen molar-refractivity contribution in [1.82, 2.24) is 0 Å². The summed E-state index contributed by atoms with van der Waals surface area (Å²) in [4.78, 5) is 0. The highest BCUT2D eigenvalue weighted by molar-refractivity contribution is 6.04. The lowest BCUT2D eigenvalue weighted by atomic mass is 9.91. The minimum absolute atomic E-state index is 0.550. The van der Waals surface area contributed by atoms with Gasteiger partial charge in [-0.25, -0.2) is 0 Å². The topological polar surface area (TPSA) is 20.2 Å². The van der Waals surface area contributed by atoms with Gasteiger partial charge in [-0.2, -0.15) is 0 Å². The Hall–Kier alpha value is 0.250. The summed E-state index contributed by atoms with van der Waals surface area (Å²) in [7, 11) is 0. The fourth-order valence-electron chi connectivity index (χ4n) is 0.750. The molecule has 0 heterocycles. The summed E-state index contributed by atoms with van der Waals surface area (Å²) in [5, 5.41) is 0. The van der Waals surface area contributed by atoms with Crippen LogP contribution in [0.5, 0.6) is 0 Å². The number of hydrogen-bond acceptors (Lipinski definition) is 1. The fourth-order valence-corrected chi connectivity index (χ4v) is 0.750. The lowest BCUT2D eigenvalue weighted by molar-refractivity contribution is 0.373. The molecule has 0 aromatic rings. The van der Waals surface area contributed by atoms with E-state index in [1.165, 1.54) is 12.8 Å². The van der Waals surface area contributed by atoms with E-state index in [4.69, 9.17) is 4.66 Å². The molecule has 58 valence electrons. The summed E-state index contributed by atoms with van der Waals surface area (Å²) in [6.45, 7) is 9.05. The standard InChI is InChI=1S/C7H16.ClHO/c1-5-6-7(2,3)4;1-2/h5-6H2,1-4H3;2H. The third kappa shape index (κ3) is 17.8. The first kappa shape index (κ1) is 12.0. The van der Waals surface area contributed by atoms with E-state index in [1.807, 2.05) is 0 Å². The van der Waals surface area contributed by atoms with Crippen molar-refractivity contribution in [3.05, 3.63) is 0 Å². The van der Waals surface area contributed by atoms with Gasteiger partial charge in [-0.05, 0) is 11.8 Å². The second kappa shape index (κ2) is 6.37. The first-order valence-electron chi connectivity index (χ1n) is 3.23. The predicted octanol–water partition coefficient (Wildman–Crippen LogP) is 2.97. The monoisotopic (exact) mass is 152 g/mol. The Morgan fingerprint density at radius 1 is 1.22 bits per heavy atom. The molecule has 0 atom stereocenters. The Morgan fingerprint density at radius 3 is 1.56 bits per heavy atom. The normalized spacial score (nSPS) is 10.0. The van der Waals surface area contributed by atoms with Gasteiger partial charge < -0.3 is 0 Å². The van der Waals surface area contributed by atoms with E-state index in [9.17, 15) is 0 Å². The zero-order valence-corrected chi connectivity index (χ0v) is 7.50. The molecule has 2 heteroatoms. The van der Waals surface area contributed by atoms with Gasteiger partial charge in [0.15, 0.2) is 0 Å². The minimum Gasteiger partial charge on any atom is -0.295 e. The fraction of sp³-hybridized carbons (Fsp3) is 1.00. The molecule has 0 aromatic carbocycles. The van der Waals surface area contributed by atoms with Gasteiger partial charge in [0.1, 0.15) is 0 Å². The maximum absolute atomic E-state index is 6.47. The van der Waals surface area contributed by atoms with Gasteiger partial charge >= 0.3 is 0 Å². The minimum atomic E-state index is 0.550. The SMILES string of the molecule is CCCC(C)(C)C.OCl. The van der Waals surface area contributed by atoms with E-state index in [1.54, 1.807) is 0 Å². The molecule has 0 radical (unpaired) electrons. The van der Waals surface area contributed by atoms with E-state index < -0.39 is 0 Å². The van der Waals surface area contributed by atoms with Crippen molar-refractivity contribution in [1.29, 1.82) is 0 Å². The van der Waals surface area contributed by atoms with Crippen LogP contribution in [0.1, 0.15) is 40.5 Å². The zero-order valence-electron chi connectivity index (χ0n) is 6.74. The highest BCUT2D eigenvalue weighted by Crippen LogP contribution is 2.19. The Bertz CT molecular complexity index is 47.4. The van der Waals surface area contributed by atoms with Gasteiger partial charge in [-0.15, -0.1) is 0 Å². The van der Waals surface area contributed by atoms with E-state index >= 15 is 0 Å². The Kier molecular flexibility index (Phi) is 8.48. The molecule has 0 fully saturated rings. The summed E-state index contributed by atoms with van der Waals surface area (Å²) in [5.41, 5.74) is 0.550. The van der Waals surface area contributed by atoms with Crippen molar-refractivity contribution >= 4 is 11.9 Å². The summed E-state index contributed by atoms with van der Waals surface area (Å²) < 4.78 is 6.47. The molecule has 1 nitrogen and oxygen atoms in total. The van der Waals surface area contributed by atoms with Crippen molar-refractivity contribution in [3.63, 3.8) is 0 Å². The van der Waals surface area contributed by atoms with Gasteiger partial charge in [0.2, 0.25) is 0 Å². The molecule has 0 spiro atoms. The van der Waals surface area contributed by atoms with Crippen LogP contribution in [-0.2, 0) is 0 Å². The second-order valence-electron chi connectivity index (χ2n) is 3.31.